The average molecular weight is 458 g/mol. The van der Waals surface area contributed by atoms with Crippen molar-refractivity contribution in [3.63, 3.8) is 0 Å². The second-order valence-corrected chi connectivity index (χ2v) is 11.6. The quantitative estimate of drug-likeness (QED) is 0.625. The molecule has 0 spiro atoms. The van der Waals surface area contributed by atoms with Crippen molar-refractivity contribution in [1.82, 2.24) is 14.9 Å². The smallest absolute Gasteiger partial charge is 0.444 e. The third-order valence-electron chi connectivity index (χ3n) is 7.09. The molecule has 9 heteroatoms. The van der Waals surface area contributed by atoms with Gasteiger partial charge in [-0.2, -0.15) is 0 Å². The summed E-state index contributed by atoms with van der Waals surface area (Å²) in [6.07, 6.45) is 8.75. The van der Waals surface area contributed by atoms with Gasteiger partial charge in [0, 0.05) is 37.0 Å². The minimum atomic E-state index is -0.498. The van der Waals surface area contributed by atoms with Crippen molar-refractivity contribution < 1.29 is 18.8 Å². The number of carbonyl (C=O) groups excluding carboxylic acids is 1. The fourth-order valence-corrected chi connectivity index (χ4v) is 4.34. The van der Waals surface area contributed by atoms with E-state index in [-0.39, 0.29) is 12.1 Å². The maximum absolute atomic E-state index is 12.9. The van der Waals surface area contributed by atoms with Gasteiger partial charge in [0.2, 0.25) is 5.95 Å². The average Bonchev–Trinajstić information content (AvgIpc) is 3.52. The molecule has 33 heavy (non-hydrogen) atoms. The molecule has 0 aromatic carbocycles. The van der Waals surface area contributed by atoms with Crippen molar-refractivity contribution in [3.8, 4) is 0 Å². The van der Waals surface area contributed by atoms with Gasteiger partial charge in [-0.15, -0.1) is 0 Å². The molecule has 2 saturated heterocycles. The van der Waals surface area contributed by atoms with Crippen molar-refractivity contribution in [2.45, 2.75) is 109 Å². The second kappa shape index (κ2) is 8.73. The van der Waals surface area contributed by atoms with Gasteiger partial charge in [-0.1, -0.05) is 0 Å². The van der Waals surface area contributed by atoms with Crippen LogP contribution in [0.15, 0.2) is 12.4 Å². The lowest BCUT2D eigenvalue weighted by Crippen LogP contribution is -2.51. The molecule has 1 aromatic rings. The SMILES string of the molecule is CC(C)(C)OC(=O)N1CCCC[C@H]1CN(c1ncc(B2OC(C)(C)C(C)(C)O2)cn1)C1CC1. The minimum Gasteiger partial charge on any atom is -0.444 e. The van der Waals surface area contributed by atoms with Crippen LogP contribution in [0, 0.1) is 0 Å². The fourth-order valence-electron chi connectivity index (χ4n) is 4.34. The van der Waals surface area contributed by atoms with Gasteiger partial charge in [-0.25, -0.2) is 14.8 Å². The van der Waals surface area contributed by atoms with Crippen LogP contribution in [0.1, 0.15) is 80.6 Å². The highest BCUT2D eigenvalue weighted by molar-refractivity contribution is 6.61. The lowest BCUT2D eigenvalue weighted by Gasteiger charge is -2.39. The Balaban J connectivity index is 1.47. The molecule has 8 nitrogen and oxygen atoms in total. The number of rotatable bonds is 5. The zero-order valence-corrected chi connectivity index (χ0v) is 21.3. The number of hydrogen-bond donors (Lipinski definition) is 0. The van der Waals surface area contributed by atoms with Crippen LogP contribution in [-0.2, 0) is 14.0 Å². The topological polar surface area (TPSA) is 77.0 Å². The molecule has 1 atom stereocenters. The number of amides is 1. The van der Waals surface area contributed by atoms with E-state index in [1.165, 1.54) is 0 Å². The Labute approximate surface area is 198 Å². The van der Waals surface area contributed by atoms with Gasteiger partial charge in [-0.05, 0) is 80.6 Å². The molecule has 2 aliphatic heterocycles. The summed E-state index contributed by atoms with van der Waals surface area (Å²) in [7, 11) is -0.473. The van der Waals surface area contributed by atoms with Gasteiger partial charge in [0.15, 0.2) is 0 Å². The van der Waals surface area contributed by atoms with Crippen molar-refractivity contribution in [2.75, 3.05) is 18.0 Å². The molecule has 1 aliphatic carbocycles. The largest absolute Gasteiger partial charge is 0.498 e. The van der Waals surface area contributed by atoms with E-state index in [0.29, 0.717) is 12.0 Å². The number of ether oxygens (including phenoxy) is 1. The van der Waals surface area contributed by atoms with E-state index in [2.05, 4.69) is 4.90 Å². The highest BCUT2D eigenvalue weighted by Gasteiger charge is 2.52. The summed E-state index contributed by atoms with van der Waals surface area (Å²) < 4.78 is 18.0. The number of carbonyl (C=O) groups is 1. The summed E-state index contributed by atoms with van der Waals surface area (Å²) in [6, 6.07) is 0.524. The Hall–Kier alpha value is -1.87. The van der Waals surface area contributed by atoms with Crippen molar-refractivity contribution in [3.05, 3.63) is 12.4 Å². The van der Waals surface area contributed by atoms with E-state index in [1.807, 2.05) is 65.8 Å². The van der Waals surface area contributed by atoms with Crippen LogP contribution in [0.25, 0.3) is 0 Å². The van der Waals surface area contributed by atoms with Crippen LogP contribution in [-0.4, -0.2) is 70.1 Å². The first-order valence-corrected chi connectivity index (χ1v) is 12.3. The Kier molecular flexibility index (Phi) is 6.42. The van der Waals surface area contributed by atoms with Crippen molar-refractivity contribution in [1.29, 1.82) is 0 Å². The Morgan fingerprint density at radius 3 is 2.27 bits per heavy atom. The molecule has 3 aliphatic rings. The van der Waals surface area contributed by atoms with Crippen LogP contribution >= 0.6 is 0 Å². The lowest BCUT2D eigenvalue weighted by molar-refractivity contribution is 0.00578. The van der Waals surface area contributed by atoms with Crippen LogP contribution in [0.4, 0.5) is 10.7 Å². The van der Waals surface area contributed by atoms with Crippen LogP contribution < -0.4 is 10.4 Å². The van der Waals surface area contributed by atoms with Gasteiger partial charge in [-0.3, -0.25) is 0 Å². The van der Waals surface area contributed by atoms with Crippen molar-refractivity contribution in [2.24, 2.45) is 0 Å². The molecule has 4 rings (SSSR count). The molecule has 0 bridgehead atoms. The van der Waals surface area contributed by atoms with Gasteiger partial charge in [0.25, 0.3) is 0 Å². The molecule has 0 unspecified atom stereocenters. The Morgan fingerprint density at radius 2 is 1.73 bits per heavy atom. The van der Waals surface area contributed by atoms with Crippen LogP contribution in [0.3, 0.4) is 0 Å². The summed E-state index contributed by atoms with van der Waals surface area (Å²) in [5.41, 5.74) is -0.478. The number of hydrogen-bond acceptors (Lipinski definition) is 7. The van der Waals surface area contributed by atoms with E-state index in [9.17, 15) is 4.79 Å². The summed E-state index contributed by atoms with van der Waals surface area (Å²) in [5, 5.41) is 0. The number of anilines is 1. The van der Waals surface area contributed by atoms with Crippen molar-refractivity contribution >= 4 is 24.6 Å². The molecule has 1 amide bonds. The maximum Gasteiger partial charge on any atom is 0.498 e. The van der Waals surface area contributed by atoms with Gasteiger partial charge in [0.05, 0.1) is 17.2 Å². The van der Waals surface area contributed by atoms with E-state index in [4.69, 9.17) is 24.0 Å². The van der Waals surface area contributed by atoms with E-state index >= 15 is 0 Å². The summed E-state index contributed by atoms with van der Waals surface area (Å²) in [6.45, 7) is 15.4. The second-order valence-electron chi connectivity index (χ2n) is 11.6. The first-order valence-electron chi connectivity index (χ1n) is 12.3. The Bertz CT molecular complexity index is 835. The van der Waals surface area contributed by atoms with Gasteiger partial charge < -0.3 is 23.8 Å². The molecular weight excluding hydrogens is 419 g/mol. The van der Waals surface area contributed by atoms with E-state index in [1.54, 1.807) is 0 Å². The highest BCUT2D eigenvalue weighted by Crippen LogP contribution is 2.36. The molecule has 1 saturated carbocycles. The van der Waals surface area contributed by atoms with Crippen LogP contribution in [0.5, 0.6) is 0 Å². The predicted octanol–water partition coefficient (Wildman–Crippen LogP) is 3.53. The monoisotopic (exact) mass is 458 g/mol. The molecule has 0 radical (unpaired) electrons. The first-order chi connectivity index (χ1) is 15.4. The lowest BCUT2D eigenvalue weighted by atomic mass is 9.81. The summed E-state index contributed by atoms with van der Waals surface area (Å²) in [4.78, 5) is 26.4. The maximum atomic E-state index is 12.9. The molecule has 3 heterocycles. The number of aromatic nitrogens is 2. The van der Waals surface area contributed by atoms with Crippen LogP contribution in [0.2, 0.25) is 0 Å². The Morgan fingerprint density at radius 1 is 1.12 bits per heavy atom. The molecule has 1 aromatic heterocycles. The first kappa shape index (κ1) is 24.3. The normalized spacial score (nSPS) is 24.6. The standard InChI is InChI=1S/C24H39BN4O4/c1-22(2,3)31-21(30)28-13-9-8-10-19(28)16-29(18-11-12-18)20-26-14-17(15-27-20)25-32-23(4,5)24(6,7)33-25/h14-15,18-19H,8-13,16H2,1-7H3/t19-/m0/s1. The third kappa shape index (κ3) is 5.45. The summed E-state index contributed by atoms with van der Waals surface area (Å²) >= 11 is 0. The predicted molar refractivity (Wildman–Crippen MR) is 129 cm³/mol. The fraction of sp³-hybridized carbons (Fsp3) is 0.792. The van der Waals surface area contributed by atoms with E-state index in [0.717, 1.165) is 50.7 Å². The zero-order valence-electron chi connectivity index (χ0n) is 21.3. The molecule has 3 fully saturated rings. The van der Waals surface area contributed by atoms with E-state index < -0.39 is 23.9 Å². The number of likely N-dealkylation sites (tertiary alicyclic amines) is 1. The summed E-state index contributed by atoms with van der Waals surface area (Å²) in [5.74, 6) is 0.701. The van der Waals surface area contributed by atoms with Gasteiger partial charge in [0.1, 0.15) is 5.60 Å². The molecular formula is C24H39BN4O4. The third-order valence-corrected chi connectivity index (χ3v) is 7.09. The minimum absolute atomic E-state index is 0.0978. The molecule has 182 valence electrons. The zero-order chi connectivity index (χ0) is 24.0. The molecule has 0 N–H and O–H groups in total. The number of nitrogens with zero attached hydrogens (tertiary/aromatic N) is 4. The van der Waals surface area contributed by atoms with Gasteiger partial charge >= 0.3 is 13.2 Å². The highest BCUT2D eigenvalue weighted by atomic mass is 16.7. The number of piperidine rings is 1.